The highest BCUT2D eigenvalue weighted by Crippen LogP contribution is 1.98. The van der Waals surface area contributed by atoms with Gasteiger partial charge in [0.15, 0.2) is 5.17 Å². The van der Waals surface area contributed by atoms with Crippen molar-refractivity contribution in [3.8, 4) is 0 Å². The Balaban J connectivity index is 2.66. The minimum atomic E-state index is 0.785. The predicted molar refractivity (Wildman–Crippen MR) is 38.2 cm³/mol. The average molecular weight is 128 g/mol. The normalized spacial score (nSPS) is 18.8. The van der Waals surface area contributed by atoms with Crippen LogP contribution < -0.4 is 0 Å². The molecule has 0 spiro atoms. The fraction of sp³-hybridized carbons (Fsp3) is 0.400. The molecule has 2 nitrogen and oxygen atoms in total. The van der Waals surface area contributed by atoms with Crippen LogP contribution in [-0.4, -0.2) is 23.7 Å². The molecule has 0 aliphatic carbocycles. The number of thiol groups is 1. The minimum Gasteiger partial charge on any atom is -0.351 e. The van der Waals surface area contributed by atoms with Crippen molar-refractivity contribution in [1.29, 1.82) is 0 Å². The third-order valence-corrected chi connectivity index (χ3v) is 1.47. The van der Waals surface area contributed by atoms with Crippen molar-refractivity contribution in [3.63, 3.8) is 0 Å². The number of aliphatic imine (C=N–C) groups is 1. The van der Waals surface area contributed by atoms with Crippen LogP contribution in [0.4, 0.5) is 0 Å². The zero-order chi connectivity index (χ0) is 5.98. The van der Waals surface area contributed by atoms with Crippen molar-refractivity contribution in [2.75, 3.05) is 13.6 Å². The highest BCUT2D eigenvalue weighted by atomic mass is 32.1. The molecule has 8 heavy (non-hydrogen) atoms. The maximum absolute atomic E-state index is 4.08. The third-order valence-electron chi connectivity index (χ3n) is 1.02. The largest absolute Gasteiger partial charge is 0.351 e. The van der Waals surface area contributed by atoms with Gasteiger partial charge >= 0.3 is 0 Å². The first-order valence-corrected chi connectivity index (χ1v) is 2.88. The number of likely N-dealkylation sites (N-methyl/N-ethyl adjacent to an activating group) is 1. The third kappa shape index (κ3) is 1.04. The van der Waals surface area contributed by atoms with Crippen molar-refractivity contribution in [3.05, 3.63) is 12.3 Å². The molecule has 0 bridgehead atoms. The molecule has 0 saturated heterocycles. The Bertz CT molecular complexity index is 139. The summed E-state index contributed by atoms with van der Waals surface area (Å²) in [5.41, 5.74) is 0. The summed E-state index contributed by atoms with van der Waals surface area (Å²) >= 11 is 4.08. The van der Waals surface area contributed by atoms with E-state index in [1.807, 2.05) is 18.0 Å². The number of rotatable bonds is 0. The second kappa shape index (κ2) is 2.22. The maximum Gasteiger partial charge on any atom is 0.160 e. The van der Waals surface area contributed by atoms with Crippen molar-refractivity contribution in [1.82, 2.24) is 4.90 Å². The van der Waals surface area contributed by atoms with E-state index in [2.05, 4.69) is 17.6 Å². The summed E-state index contributed by atoms with van der Waals surface area (Å²) in [5, 5.41) is 0.785. The molecule has 0 N–H and O–H groups in total. The lowest BCUT2D eigenvalue weighted by Gasteiger charge is -2.16. The fourth-order valence-electron chi connectivity index (χ4n) is 0.505. The zero-order valence-electron chi connectivity index (χ0n) is 4.70. The second-order valence-corrected chi connectivity index (χ2v) is 2.09. The molecule has 1 aliphatic rings. The molecule has 0 amide bonds. The summed E-state index contributed by atoms with van der Waals surface area (Å²) in [6.45, 7) is 0.919. The number of amidine groups is 1. The fourth-order valence-corrected chi connectivity index (χ4v) is 0.653. The molecule has 0 saturated carbocycles. The number of hydrogen-bond donors (Lipinski definition) is 1. The van der Waals surface area contributed by atoms with Gasteiger partial charge in [-0.3, -0.25) is 0 Å². The van der Waals surface area contributed by atoms with E-state index >= 15 is 0 Å². The number of nitrogens with zero attached hydrogens (tertiary/aromatic N) is 2. The maximum atomic E-state index is 4.08. The summed E-state index contributed by atoms with van der Waals surface area (Å²) in [4.78, 5) is 5.90. The van der Waals surface area contributed by atoms with Gasteiger partial charge in [-0.2, -0.15) is 0 Å². The van der Waals surface area contributed by atoms with Gasteiger partial charge in [0.1, 0.15) is 0 Å². The molecule has 0 atom stereocenters. The Hall–Kier alpha value is -0.440. The summed E-state index contributed by atoms with van der Waals surface area (Å²) < 4.78 is 0. The van der Waals surface area contributed by atoms with Gasteiger partial charge < -0.3 is 4.90 Å². The van der Waals surface area contributed by atoms with E-state index in [1.54, 1.807) is 6.20 Å². The molecule has 0 aromatic rings. The molecule has 1 aliphatic heterocycles. The van der Waals surface area contributed by atoms with Crippen molar-refractivity contribution in [2.45, 2.75) is 0 Å². The Morgan fingerprint density at radius 3 is 3.00 bits per heavy atom. The Morgan fingerprint density at radius 1 is 1.88 bits per heavy atom. The van der Waals surface area contributed by atoms with E-state index in [9.17, 15) is 0 Å². The lowest BCUT2D eigenvalue weighted by atomic mass is 10.5. The minimum absolute atomic E-state index is 0.785. The number of hydrogen-bond acceptors (Lipinski definition) is 2. The van der Waals surface area contributed by atoms with Crippen molar-refractivity contribution < 1.29 is 0 Å². The van der Waals surface area contributed by atoms with Crippen LogP contribution >= 0.6 is 12.6 Å². The lowest BCUT2D eigenvalue weighted by molar-refractivity contribution is 0.569. The van der Waals surface area contributed by atoms with Crippen LogP contribution in [0.2, 0.25) is 0 Å². The second-order valence-electron chi connectivity index (χ2n) is 1.69. The topological polar surface area (TPSA) is 15.6 Å². The zero-order valence-corrected chi connectivity index (χ0v) is 5.60. The Kier molecular flexibility index (Phi) is 1.58. The van der Waals surface area contributed by atoms with Gasteiger partial charge in [0.25, 0.3) is 0 Å². The smallest absolute Gasteiger partial charge is 0.160 e. The van der Waals surface area contributed by atoms with Crippen LogP contribution in [0.25, 0.3) is 0 Å². The molecule has 1 heterocycles. The van der Waals surface area contributed by atoms with Gasteiger partial charge in [-0.1, -0.05) is 0 Å². The molecule has 0 aromatic heterocycles. The van der Waals surface area contributed by atoms with E-state index < -0.39 is 0 Å². The molecule has 44 valence electrons. The van der Waals surface area contributed by atoms with Gasteiger partial charge in [0.05, 0.1) is 0 Å². The molecular formula is C5H8N2S. The molecule has 1 rings (SSSR count). The van der Waals surface area contributed by atoms with Crippen LogP contribution in [0.5, 0.6) is 0 Å². The highest BCUT2D eigenvalue weighted by molar-refractivity contribution is 7.96. The van der Waals surface area contributed by atoms with Gasteiger partial charge in [0, 0.05) is 19.8 Å². The van der Waals surface area contributed by atoms with E-state index in [4.69, 9.17) is 0 Å². The van der Waals surface area contributed by atoms with Crippen LogP contribution in [0.3, 0.4) is 0 Å². The first-order chi connectivity index (χ1) is 3.80. The van der Waals surface area contributed by atoms with Crippen LogP contribution in [-0.2, 0) is 0 Å². The molecule has 0 aromatic carbocycles. The van der Waals surface area contributed by atoms with Crippen LogP contribution in [0, 0.1) is 0 Å². The van der Waals surface area contributed by atoms with Gasteiger partial charge in [-0.15, -0.1) is 12.6 Å². The van der Waals surface area contributed by atoms with Gasteiger partial charge in [-0.25, -0.2) is 4.99 Å². The summed E-state index contributed by atoms with van der Waals surface area (Å²) in [6, 6.07) is 0. The molecule has 0 fully saturated rings. The SMILES string of the molecule is CN1CC=CN=C1S. The first-order valence-electron chi connectivity index (χ1n) is 2.43. The van der Waals surface area contributed by atoms with E-state index in [0.29, 0.717) is 0 Å². The first kappa shape index (κ1) is 5.69. The average Bonchev–Trinajstić information content (AvgIpc) is 1.77. The summed E-state index contributed by atoms with van der Waals surface area (Å²) in [7, 11) is 1.95. The summed E-state index contributed by atoms with van der Waals surface area (Å²) in [6.07, 6.45) is 3.75. The van der Waals surface area contributed by atoms with Crippen LogP contribution in [0.15, 0.2) is 17.3 Å². The lowest BCUT2D eigenvalue weighted by Crippen LogP contribution is -2.23. The standard InChI is InChI=1S/C5H8N2S/c1-7-4-2-3-6-5(7)8/h2-3H,4H2,1H3,(H,6,8). The quantitative estimate of drug-likeness (QED) is 0.475. The molecule has 0 unspecified atom stereocenters. The molecular weight excluding hydrogens is 120 g/mol. The van der Waals surface area contributed by atoms with Crippen LogP contribution in [0.1, 0.15) is 0 Å². The summed E-state index contributed by atoms with van der Waals surface area (Å²) in [5.74, 6) is 0. The van der Waals surface area contributed by atoms with E-state index in [-0.39, 0.29) is 0 Å². The van der Waals surface area contributed by atoms with E-state index in [1.165, 1.54) is 0 Å². The monoisotopic (exact) mass is 128 g/mol. The van der Waals surface area contributed by atoms with Gasteiger partial charge in [0.2, 0.25) is 0 Å². The predicted octanol–water partition coefficient (Wildman–Crippen LogP) is 0.731. The van der Waals surface area contributed by atoms with E-state index in [0.717, 1.165) is 11.7 Å². The highest BCUT2D eigenvalue weighted by Gasteiger charge is 1.99. The molecule has 3 heteroatoms. The Labute approximate surface area is 54.3 Å². The Morgan fingerprint density at radius 2 is 2.62 bits per heavy atom. The molecule has 0 radical (unpaired) electrons. The van der Waals surface area contributed by atoms with Crippen molar-refractivity contribution in [2.24, 2.45) is 4.99 Å². The van der Waals surface area contributed by atoms with Gasteiger partial charge in [-0.05, 0) is 6.08 Å². The van der Waals surface area contributed by atoms with Crippen molar-refractivity contribution >= 4 is 17.8 Å².